The third-order valence-corrected chi connectivity index (χ3v) is 3.86. The van der Waals surface area contributed by atoms with Gasteiger partial charge in [0.15, 0.2) is 0 Å². The smallest absolute Gasteiger partial charge is 0.337 e. The predicted octanol–water partition coefficient (Wildman–Crippen LogP) is 3.06. The number of para-hydroxylation sites is 1. The maximum Gasteiger partial charge on any atom is 0.337 e. The molecule has 27 heavy (non-hydrogen) atoms. The lowest BCUT2D eigenvalue weighted by Crippen LogP contribution is -2.15. The van der Waals surface area contributed by atoms with Crippen LogP contribution in [0.4, 0.5) is 5.69 Å². The fraction of sp³-hybridized carbons (Fsp3) is 0.100. The number of amides is 1. The summed E-state index contributed by atoms with van der Waals surface area (Å²) in [5.74, 6) is -1.75. The minimum atomic E-state index is -0.639. The number of carbonyl (C=O) groups excluding carboxylic acids is 3. The van der Waals surface area contributed by atoms with Gasteiger partial charge in [-0.25, -0.2) is 14.6 Å². The first-order valence-corrected chi connectivity index (χ1v) is 8.00. The number of rotatable bonds is 4. The molecular weight excluding hydrogens is 348 g/mol. The normalized spacial score (nSPS) is 10.3. The standard InChI is InChI=1S/C20H16N2O5/c1-26-19(24)13-9-14(20(25)27-2)11-15(10-13)21-18(23)17-8-7-12-5-3-4-6-16(12)22-17/h3-11H,1-2H3,(H,21,23). The molecule has 1 amide bonds. The first kappa shape index (κ1) is 18.1. The van der Waals surface area contributed by atoms with E-state index in [0.717, 1.165) is 5.39 Å². The molecule has 3 rings (SSSR count). The van der Waals surface area contributed by atoms with Crippen LogP contribution in [0.3, 0.4) is 0 Å². The monoisotopic (exact) mass is 364 g/mol. The van der Waals surface area contributed by atoms with Crippen molar-refractivity contribution in [2.45, 2.75) is 0 Å². The lowest BCUT2D eigenvalue weighted by Gasteiger charge is -2.09. The number of hydrogen-bond acceptors (Lipinski definition) is 6. The number of benzene rings is 2. The summed E-state index contributed by atoms with van der Waals surface area (Å²) in [5, 5.41) is 3.56. The van der Waals surface area contributed by atoms with Gasteiger partial charge < -0.3 is 14.8 Å². The van der Waals surface area contributed by atoms with Crippen LogP contribution in [0.2, 0.25) is 0 Å². The molecule has 7 nitrogen and oxygen atoms in total. The molecule has 2 aromatic carbocycles. The first-order valence-electron chi connectivity index (χ1n) is 8.00. The van der Waals surface area contributed by atoms with Crippen molar-refractivity contribution >= 4 is 34.4 Å². The molecule has 0 saturated carbocycles. The van der Waals surface area contributed by atoms with Gasteiger partial charge in [-0.1, -0.05) is 24.3 Å². The number of nitrogens with one attached hydrogen (secondary N) is 1. The van der Waals surface area contributed by atoms with Crippen molar-refractivity contribution in [2.24, 2.45) is 0 Å². The van der Waals surface area contributed by atoms with Crippen molar-refractivity contribution < 1.29 is 23.9 Å². The van der Waals surface area contributed by atoms with E-state index < -0.39 is 17.8 Å². The highest BCUT2D eigenvalue weighted by molar-refractivity contribution is 6.05. The Morgan fingerprint density at radius 2 is 1.48 bits per heavy atom. The number of esters is 2. The fourth-order valence-corrected chi connectivity index (χ4v) is 2.56. The average molecular weight is 364 g/mol. The van der Waals surface area contributed by atoms with Gasteiger partial charge in [-0.05, 0) is 30.3 Å². The number of pyridine rings is 1. The molecule has 0 spiro atoms. The molecule has 1 heterocycles. The predicted molar refractivity (Wildman–Crippen MR) is 98.8 cm³/mol. The molecule has 136 valence electrons. The van der Waals surface area contributed by atoms with Crippen molar-refractivity contribution in [1.29, 1.82) is 0 Å². The van der Waals surface area contributed by atoms with Gasteiger partial charge in [-0.2, -0.15) is 0 Å². The molecule has 1 aromatic heterocycles. The number of nitrogens with zero attached hydrogens (tertiary/aromatic N) is 1. The third-order valence-electron chi connectivity index (χ3n) is 3.86. The summed E-state index contributed by atoms with van der Waals surface area (Å²) in [6.07, 6.45) is 0. The molecule has 0 aliphatic heterocycles. The topological polar surface area (TPSA) is 94.6 Å². The van der Waals surface area contributed by atoms with E-state index in [9.17, 15) is 14.4 Å². The van der Waals surface area contributed by atoms with E-state index in [2.05, 4.69) is 19.8 Å². The first-order chi connectivity index (χ1) is 13.0. The molecule has 0 bridgehead atoms. The lowest BCUT2D eigenvalue weighted by molar-refractivity contribution is 0.0599. The van der Waals surface area contributed by atoms with Crippen LogP contribution in [0.25, 0.3) is 10.9 Å². The van der Waals surface area contributed by atoms with Crippen molar-refractivity contribution in [2.75, 3.05) is 19.5 Å². The number of methoxy groups -OCH3 is 2. The van der Waals surface area contributed by atoms with E-state index in [1.54, 1.807) is 18.2 Å². The number of ether oxygens (including phenoxy) is 2. The summed E-state index contributed by atoms with van der Waals surface area (Å²) in [7, 11) is 2.45. The van der Waals surface area contributed by atoms with Gasteiger partial charge in [-0.15, -0.1) is 0 Å². The second-order valence-corrected chi connectivity index (χ2v) is 5.63. The van der Waals surface area contributed by atoms with Crippen LogP contribution in [0.5, 0.6) is 0 Å². The number of fused-ring (bicyclic) bond motifs is 1. The van der Waals surface area contributed by atoms with Gasteiger partial charge in [0.25, 0.3) is 5.91 Å². The highest BCUT2D eigenvalue weighted by atomic mass is 16.5. The second kappa shape index (κ2) is 7.65. The molecule has 0 unspecified atom stereocenters. The maximum absolute atomic E-state index is 12.6. The molecule has 0 fully saturated rings. The molecule has 0 aliphatic carbocycles. The summed E-state index contributed by atoms with van der Waals surface area (Å²) >= 11 is 0. The van der Waals surface area contributed by atoms with Gasteiger partial charge in [0.1, 0.15) is 5.69 Å². The Hall–Kier alpha value is -3.74. The Balaban J connectivity index is 1.93. The Labute approximate surface area is 154 Å². The quantitative estimate of drug-likeness (QED) is 0.715. The van der Waals surface area contributed by atoms with E-state index in [-0.39, 0.29) is 22.5 Å². The van der Waals surface area contributed by atoms with Crippen molar-refractivity contribution in [1.82, 2.24) is 4.98 Å². The molecule has 0 radical (unpaired) electrons. The minimum Gasteiger partial charge on any atom is -0.465 e. The summed E-state index contributed by atoms with van der Waals surface area (Å²) in [5.41, 5.74) is 1.36. The Kier molecular flexibility index (Phi) is 5.12. The average Bonchev–Trinajstić information content (AvgIpc) is 2.71. The van der Waals surface area contributed by atoms with Crippen LogP contribution in [0, 0.1) is 0 Å². The molecule has 7 heteroatoms. The van der Waals surface area contributed by atoms with E-state index in [1.807, 2.05) is 18.2 Å². The van der Waals surface area contributed by atoms with Crippen LogP contribution in [0.1, 0.15) is 31.2 Å². The Morgan fingerprint density at radius 3 is 2.11 bits per heavy atom. The van der Waals surface area contributed by atoms with Crippen LogP contribution >= 0.6 is 0 Å². The number of aromatic nitrogens is 1. The largest absolute Gasteiger partial charge is 0.465 e. The van der Waals surface area contributed by atoms with Crippen LogP contribution < -0.4 is 5.32 Å². The molecular formula is C20H16N2O5. The van der Waals surface area contributed by atoms with Crippen LogP contribution in [-0.2, 0) is 9.47 Å². The van der Waals surface area contributed by atoms with Crippen molar-refractivity contribution in [3.05, 3.63) is 71.4 Å². The van der Waals surface area contributed by atoms with Crippen molar-refractivity contribution in [3.63, 3.8) is 0 Å². The number of anilines is 1. The van der Waals surface area contributed by atoms with Gasteiger partial charge >= 0.3 is 11.9 Å². The highest BCUT2D eigenvalue weighted by Gasteiger charge is 2.16. The van der Waals surface area contributed by atoms with Crippen LogP contribution in [-0.4, -0.2) is 37.0 Å². The van der Waals surface area contributed by atoms with E-state index in [4.69, 9.17) is 0 Å². The second-order valence-electron chi connectivity index (χ2n) is 5.63. The molecule has 1 N–H and O–H groups in total. The lowest BCUT2D eigenvalue weighted by atomic mass is 10.1. The summed E-state index contributed by atoms with van der Waals surface area (Å²) in [6, 6.07) is 15.0. The van der Waals surface area contributed by atoms with Gasteiger partial charge in [0.05, 0.1) is 30.9 Å². The summed E-state index contributed by atoms with van der Waals surface area (Å²) in [6.45, 7) is 0. The molecule has 3 aromatic rings. The van der Waals surface area contributed by atoms with E-state index >= 15 is 0 Å². The Bertz CT molecular complexity index is 1010. The van der Waals surface area contributed by atoms with Crippen molar-refractivity contribution in [3.8, 4) is 0 Å². The number of carbonyl (C=O) groups is 3. The summed E-state index contributed by atoms with van der Waals surface area (Å²) < 4.78 is 9.36. The molecule has 0 saturated heterocycles. The molecule has 0 aliphatic rings. The van der Waals surface area contributed by atoms with Gasteiger partial charge in [0, 0.05) is 11.1 Å². The zero-order valence-corrected chi connectivity index (χ0v) is 14.7. The van der Waals surface area contributed by atoms with Gasteiger partial charge in [0.2, 0.25) is 0 Å². The zero-order chi connectivity index (χ0) is 19.4. The van der Waals surface area contributed by atoms with Gasteiger partial charge in [-0.3, -0.25) is 4.79 Å². The fourth-order valence-electron chi connectivity index (χ4n) is 2.56. The third kappa shape index (κ3) is 3.92. The highest BCUT2D eigenvalue weighted by Crippen LogP contribution is 2.18. The van der Waals surface area contributed by atoms with E-state index in [0.29, 0.717) is 5.52 Å². The maximum atomic E-state index is 12.6. The van der Waals surface area contributed by atoms with Crippen LogP contribution in [0.15, 0.2) is 54.6 Å². The summed E-state index contributed by atoms with van der Waals surface area (Å²) in [4.78, 5) is 40.5. The SMILES string of the molecule is COC(=O)c1cc(NC(=O)c2ccc3ccccc3n2)cc(C(=O)OC)c1. The van der Waals surface area contributed by atoms with E-state index in [1.165, 1.54) is 32.4 Å². The zero-order valence-electron chi connectivity index (χ0n) is 14.7. The number of hydrogen-bond donors (Lipinski definition) is 1. The minimum absolute atomic E-state index is 0.113. The Morgan fingerprint density at radius 1 is 0.852 bits per heavy atom. The molecule has 0 atom stereocenters.